The Balaban J connectivity index is 2.11. The second-order valence-corrected chi connectivity index (χ2v) is 5.92. The van der Waals surface area contributed by atoms with Crippen LogP contribution in [0.1, 0.15) is 31.0 Å². The van der Waals surface area contributed by atoms with Gasteiger partial charge in [-0.1, -0.05) is 44.2 Å². The van der Waals surface area contributed by atoms with E-state index in [9.17, 15) is 5.26 Å². The third-order valence-electron chi connectivity index (χ3n) is 3.99. The normalized spacial score (nSPS) is 10.6. The van der Waals surface area contributed by atoms with Crippen LogP contribution in [0.5, 0.6) is 5.75 Å². The number of methoxy groups -OCH3 is 1. The number of hydrogen-bond donors (Lipinski definition) is 0. The van der Waals surface area contributed by atoms with Gasteiger partial charge < -0.3 is 4.74 Å². The van der Waals surface area contributed by atoms with E-state index in [0.29, 0.717) is 11.6 Å². The number of nitrogens with zero attached hydrogens (tertiary/aromatic N) is 3. The van der Waals surface area contributed by atoms with E-state index in [0.717, 1.165) is 22.7 Å². The summed E-state index contributed by atoms with van der Waals surface area (Å²) in [7, 11) is 1.63. The fraction of sp³-hybridized carbons (Fsp3) is 0.200. The molecule has 0 spiro atoms. The molecule has 0 aliphatic rings. The second-order valence-electron chi connectivity index (χ2n) is 5.92. The number of hydrogen-bond acceptors (Lipinski definition) is 3. The molecule has 3 aromatic rings. The van der Waals surface area contributed by atoms with Crippen molar-refractivity contribution in [3.63, 3.8) is 0 Å². The van der Waals surface area contributed by atoms with E-state index in [-0.39, 0.29) is 0 Å². The zero-order valence-corrected chi connectivity index (χ0v) is 14.0. The number of aromatic nitrogens is 2. The topological polar surface area (TPSA) is 50.8 Å². The van der Waals surface area contributed by atoms with E-state index >= 15 is 0 Å². The molecule has 120 valence electrons. The highest BCUT2D eigenvalue weighted by molar-refractivity contribution is 5.64. The Kier molecular flexibility index (Phi) is 4.35. The molecule has 0 bridgehead atoms. The van der Waals surface area contributed by atoms with Gasteiger partial charge in [-0.2, -0.15) is 10.4 Å². The van der Waals surface area contributed by atoms with Gasteiger partial charge in [0.05, 0.1) is 18.5 Å². The molecule has 0 fully saturated rings. The average Bonchev–Trinajstić information content (AvgIpc) is 3.06. The molecular weight excluding hydrogens is 298 g/mol. The van der Waals surface area contributed by atoms with Gasteiger partial charge in [0.15, 0.2) is 5.69 Å². The first kappa shape index (κ1) is 15.8. The lowest BCUT2D eigenvalue weighted by Gasteiger charge is -2.10. The van der Waals surface area contributed by atoms with E-state index in [1.54, 1.807) is 11.8 Å². The first-order chi connectivity index (χ1) is 11.6. The minimum absolute atomic E-state index is 0.390. The number of nitriles is 1. The Morgan fingerprint density at radius 1 is 1.08 bits per heavy atom. The van der Waals surface area contributed by atoms with Crippen LogP contribution in [0, 0.1) is 11.3 Å². The van der Waals surface area contributed by atoms with Crippen LogP contribution in [0.3, 0.4) is 0 Å². The Morgan fingerprint density at radius 3 is 2.46 bits per heavy atom. The summed E-state index contributed by atoms with van der Waals surface area (Å²) in [6.45, 7) is 4.34. The van der Waals surface area contributed by atoms with Gasteiger partial charge in [0.2, 0.25) is 0 Å². The average molecular weight is 317 g/mol. The van der Waals surface area contributed by atoms with Crippen molar-refractivity contribution < 1.29 is 4.74 Å². The van der Waals surface area contributed by atoms with Gasteiger partial charge >= 0.3 is 0 Å². The van der Waals surface area contributed by atoms with E-state index in [1.807, 2.05) is 30.3 Å². The highest BCUT2D eigenvalue weighted by atomic mass is 16.5. The molecule has 0 aliphatic heterocycles. The van der Waals surface area contributed by atoms with Crippen LogP contribution in [-0.2, 0) is 0 Å². The van der Waals surface area contributed by atoms with Crippen molar-refractivity contribution in [2.75, 3.05) is 7.11 Å². The number of benzene rings is 2. The van der Waals surface area contributed by atoms with Gasteiger partial charge in [0.1, 0.15) is 11.8 Å². The summed E-state index contributed by atoms with van der Waals surface area (Å²) in [5, 5.41) is 13.6. The summed E-state index contributed by atoms with van der Waals surface area (Å²) >= 11 is 0. The molecular formula is C20H19N3O. The summed E-state index contributed by atoms with van der Waals surface area (Å²) < 4.78 is 7.07. The Morgan fingerprint density at radius 2 is 1.83 bits per heavy atom. The molecule has 0 N–H and O–H groups in total. The van der Waals surface area contributed by atoms with Crippen molar-refractivity contribution in [1.82, 2.24) is 9.78 Å². The fourth-order valence-corrected chi connectivity index (χ4v) is 2.62. The molecule has 0 radical (unpaired) electrons. The highest BCUT2D eigenvalue weighted by Gasteiger charge is 2.12. The standard InChI is InChI=1S/C20H19N3O/c1-14(2)15-7-9-16(10-8-15)20-11-17(13-21)22-23(20)18-5-4-6-19(12-18)24-3/h4-12,14H,1-3H3. The quantitative estimate of drug-likeness (QED) is 0.709. The summed E-state index contributed by atoms with van der Waals surface area (Å²) in [6, 6.07) is 20.0. The second kappa shape index (κ2) is 6.59. The molecule has 0 aliphatic carbocycles. The Bertz CT molecular complexity index is 886. The van der Waals surface area contributed by atoms with Crippen molar-refractivity contribution in [3.05, 3.63) is 65.9 Å². The summed E-state index contributed by atoms with van der Waals surface area (Å²) in [6.07, 6.45) is 0. The predicted octanol–water partition coefficient (Wildman–Crippen LogP) is 4.54. The molecule has 0 saturated carbocycles. The predicted molar refractivity (Wildman–Crippen MR) is 94.4 cm³/mol. The summed E-state index contributed by atoms with van der Waals surface area (Å²) in [4.78, 5) is 0. The van der Waals surface area contributed by atoms with Crippen molar-refractivity contribution in [2.24, 2.45) is 0 Å². The van der Waals surface area contributed by atoms with Crippen LogP contribution in [0.4, 0.5) is 0 Å². The van der Waals surface area contributed by atoms with E-state index in [1.165, 1.54) is 5.56 Å². The van der Waals surface area contributed by atoms with E-state index in [2.05, 4.69) is 49.3 Å². The molecule has 0 saturated heterocycles. The number of ether oxygens (including phenoxy) is 1. The monoisotopic (exact) mass is 317 g/mol. The third-order valence-corrected chi connectivity index (χ3v) is 3.99. The molecule has 4 heteroatoms. The maximum atomic E-state index is 9.24. The third kappa shape index (κ3) is 3.02. The zero-order chi connectivity index (χ0) is 17.1. The van der Waals surface area contributed by atoms with Gasteiger partial charge in [0, 0.05) is 17.7 Å². The maximum Gasteiger partial charge on any atom is 0.163 e. The highest BCUT2D eigenvalue weighted by Crippen LogP contribution is 2.27. The molecule has 1 aromatic heterocycles. The molecule has 0 atom stereocenters. The van der Waals surface area contributed by atoms with Crippen molar-refractivity contribution in [2.45, 2.75) is 19.8 Å². The minimum atomic E-state index is 0.390. The van der Waals surface area contributed by atoms with Crippen LogP contribution in [0.2, 0.25) is 0 Å². The van der Waals surface area contributed by atoms with Gasteiger partial charge in [0.25, 0.3) is 0 Å². The summed E-state index contributed by atoms with van der Waals surface area (Å²) in [5.41, 5.74) is 4.44. The van der Waals surface area contributed by atoms with Gasteiger partial charge in [-0.25, -0.2) is 4.68 Å². The molecule has 24 heavy (non-hydrogen) atoms. The lowest BCUT2D eigenvalue weighted by molar-refractivity contribution is 0.414. The maximum absolute atomic E-state index is 9.24. The minimum Gasteiger partial charge on any atom is -0.497 e. The molecule has 1 heterocycles. The van der Waals surface area contributed by atoms with Crippen LogP contribution in [0.15, 0.2) is 54.6 Å². The molecule has 0 unspecified atom stereocenters. The van der Waals surface area contributed by atoms with Crippen LogP contribution in [0.25, 0.3) is 16.9 Å². The number of rotatable bonds is 4. The summed E-state index contributed by atoms with van der Waals surface area (Å²) in [5.74, 6) is 1.24. The van der Waals surface area contributed by atoms with Gasteiger partial charge in [-0.05, 0) is 23.6 Å². The van der Waals surface area contributed by atoms with Crippen LogP contribution < -0.4 is 4.74 Å². The van der Waals surface area contributed by atoms with Crippen molar-refractivity contribution >= 4 is 0 Å². The Hall–Kier alpha value is -3.06. The first-order valence-electron chi connectivity index (χ1n) is 7.87. The molecule has 0 amide bonds. The smallest absolute Gasteiger partial charge is 0.163 e. The van der Waals surface area contributed by atoms with Gasteiger partial charge in [-0.3, -0.25) is 0 Å². The van der Waals surface area contributed by atoms with E-state index in [4.69, 9.17) is 4.74 Å². The first-order valence-corrected chi connectivity index (χ1v) is 7.87. The van der Waals surface area contributed by atoms with Crippen LogP contribution >= 0.6 is 0 Å². The van der Waals surface area contributed by atoms with Crippen molar-refractivity contribution in [3.8, 4) is 28.8 Å². The lowest BCUT2D eigenvalue weighted by atomic mass is 10.0. The van der Waals surface area contributed by atoms with Crippen molar-refractivity contribution in [1.29, 1.82) is 5.26 Å². The van der Waals surface area contributed by atoms with Gasteiger partial charge in [-0.15, -0.1) is 0 Å². The SMILES string of the molecule is COc1cccc(-n2nc(C#N)cc2-c2ccc(C(C)C)cc2)c1. The van der Waals surface area contributed by atoms with Crippen LogP contribution in [-0.4, -0.2) is 16.9 Å². The lowest BCUT2D eigenvalue weighted by Crippen LogP contribution is -2.00. The largest absolute Gasteiger partial charge is 0.497 e. The Labute approximate surface area is 141 Å². The molecule has 4 nitrogen and oxygen atoms in total. The molecule has 3 rings (SSSR count). The molecule has 2 aromatic carbocycles. The zero-order valence-electron chi connectivity index (χ0n) is 14.0. The van der Waals surface area contributed by atoms with E-state index < -0.39 is 0 Å². The fourth-order valence-electron chi connectivity index (χ4n) is 2.62.